The molecule has 22 heavy (non-hydrogen) atoms. The van der Waals surface area contributed by atoms with Crippen LogP contribution >= 0.6 is 0 Å². The second kappa shape index (κ2) is 7.09. The average Bonchev–Trinajstić information content (AvgIpc) is 2.53. The second-order valence-corrected chi connectivity index (χ2v) is 5.60. The van der Waals surface area contributed by atoms with Gasteiger partial charge >= 0.3 is 6.03 Å². The quantitative estimate of drug-likeness (QED) is 0.795. The summed E-state index contributed by atoms with van der Waals surface area (Å²) in [6, 6.07) is 16.9. The van der Waals surface area contributed by atoms with Gasteiger partial charge in [0.05, 0.1) is 6.54 Å². The Bertz CT molecular complexity index is 624. The van der Waals surface area contributed by atoms with Crippen LogP contribution in [0, 0.1) is 6.92 Å². The van der Waals surface area contributed by atoms with Crippen LogP contribution in [-0.4, -0.2) is 17.7 Å². The molecule has 0 aromatic heterocycles. The molecule has 4 heteroatoms. The van der Waals surface area contributed by atoms with Crippen molar-refractivity contribution < 1.29 is 9.90 Å². The minimum Gasteiger partial charge on any atom is -0.384 e. The van der Waals surface area contributed by atoms with Crippen LogP contribution in [0.4, 0.5) is 4.79 Å². The number of rotatable bonds is 5. The van der Waals surface area contributed by atoms with Gasteiger partial charge in [0.1, 0.15) is 5.60 Å². The molecule has 0 spiro atoms. The molecule has 116 valence electrons. The zero-order valence-electron chi connectivity index (χ0n) is 13.0. The lowest BCUT2D eigenvalue weighted by molar-refractivity contribution is 0.0594. The normalized spacial score (nSPS) is 13.2. The summed E-state index contributed by atoms with van der Waals surface area (Å²) in [4.78, 5) is 11.9. The summed E-state index contributed by atoms with van der Waals surface area (Å²) in [6.07, 6.45) is 0. The highest BCUT2D eigenvalue weighted by Crippen LogP contribution is 2.18. The lowest BCUT2D eigenvalue weighted by atomic mass is 9.96. The van der Waals surface area contributed by atoms with Crippen molar-refractivity contribution in [3.63, 3.8) is 0 Å². The van der Waals surface area contributed by atoms with E-state index in [-0.39, 0.29) is 12.6 Å². The first-order valence-electron chi connectivity index (χ1n) is 7.33. The third-order valence-corrected chi connectivity index (χ3v) is 3.69. The average molecular weight is 298 g/mol. The maximum atomic E-state index is 11.9. The van der Waals surface area contributed by atoms with Crippen LogP contribution in [0.5, 0.6) is 0 Å². The largest absolute Gasteiger partial charge is 0.384 e. The molecular weight excluding hydrogens is 276 g/mol. The Morgan fingerprint density at radius 2 is 1.68 bits per heavy atom. The van der Waals surface area contributed by atoms with Crippen molar-refractivity contribution >= 4 is 6.03 Å². The summed E-state index contributed by atoms with van der Waals surface area (Å²) in [5.41, 5.74) is 1.89. The summed E-state index contributed by atoms with van der Waals surface area (Å²) in [5.74, 6) is 0. The molecule has 0 heterocycles. The third-order valence-electron chi connectivity index (χ3n) is 3.69. The van der Waals surface area contributed by atoms with Crippen LogP contribution in [0.1, 0.15) is 23.6 Å². The number of hydrogen-bond acceptors (Lipinski definition) is 2. The number of carbonyl (C=O) groups excluding carboxylic acids is 1. The van der Waals surface area contributed by atoms with Crippen molar-refractivity contribution in [3.8, 4) is 0 Å². The van der Waals surface area contributed by atoms with Crippen LogP contribution in [0.2, 0.25) is 0 Å². The Labute approximate surface area is 131 Å². The number of aryl methyl sites for hydroxylation is 1. The molecule has 2 aromatic carbocycles. The van der Waals surface area contributed by atoms with E-state index in [1.165, 1.54) is 0 Å². The van der Waals surface area contributed by atoms with E-state index in [0.29, 0.717) is 6.54 Å². The number of amides is 2. The predicted molar refractivity (Wildman–Crippen MR) is 87.4 cm³/mol. The minimum atomic E-state index is -1.10. The Balaban J connectivity index is 1.84. The maximum Gasteiger partial charge on any atom is 0.315 e. The molecule has 0 saturated heterocycles. The van der Waals surface area contributed by atoms with Gasteiger partial charge in [0, 0.05) is 6.54 Å². The van der Waals surface area contributed by atoms with E-state index in [4.69, 9.17) is 0 Å². The number of benzene rings is 2. The molecule has 0 bridgehead atoms. The fraction of sp³-hybridized carbons (Fsp3) is 0.278. The first kappa shape index (κ1) is 16.0. The van der Waals surface area contributed by atoms with Gasteiger partial charge in [-0.2, -0.15) is 0 Å². The molecule has 2 aromatic rings. The van der Waals surface area contributed by atoms with Crippen molar-refractivity contribution in [2.24, 2.45) is 0 Å². The van der Waals surface area contributed by atoms with E-state index in [9.17, 15) is 9.90 Å². The minimum absolute atomic E-state index is 0.149. The van der Waals surface area contributed by atoms with Gasteiger partial charge in [-0.15, -0.1) is 0 Å². The van der Waals surface area contributed by atoms with Crippen molar-refractivity contribution in [1.29, 1.82) is 0 Å². The standard InChI is InChI=1S/C18H22N2O2/c1-14-8-6-7-9-15(14)12-19-17(21)20-13-18(2,22)16-10-4-3-5-11-16/h3-11,22H,12-13H2,1-2H3,(H2,19,20,21). The van der Waals surface area contributed by atoms with Crippen molar-refractivity contribution in [1.82, 2.24) is 10.6 Å². The van der Waals surface area contributed by atoms with Gasteiger partial charge in [0.15, 0.2) is 0 Å². The van der Waals surface area contributed by atoms with Crippen LogP contribution < -0.4 is 10.6 Å². The molecule has 2 amide bonds. The maximum absolute atomic E-state index is 11.9. The highest BCUT2D eigenvalue weighted by Gasteiger charge is 2.23. The van der Waals surface area contributed by atoms with Gasteiger partial charge in [-0.25, -0.2) is 4.79 Å². The molecule has 4 nitrogen and oxygen atoms in total. The smallest absolute Gasteiger partial charge is 0.315 e. The Morgan fingerprint density at radius 3 is 2.36 bits per heavy atom. The molecule has 0 fully saturated rings. The van der Waals surface area contributed by atoms with E-state index in [2.05, 4.69) is 10.6 Å². The number of urea groups is 1. The highest BCUT2D eigenvalue weighted by molar-refractivity contribution is 5.74. The summed E-state index contributed by atoms with van der Waals surface area (Å²) < 4.78 is 0. The number of aliphatic hydroxyl groups is 1. The topological polar surface area (TPSA) is 61.4 Å². The van der Waals surface area contributed by atoms with E-state index in [1.54, 1.807) is 6.92 Å². The molecule has 0 aliphatic carbocycles. The van der Waals surface area contributed by atoms with E-state index in [1.807, 2.05) is 61.5 Å². The van der Waals surface area contributed by atoms with Crippen molar-refractivity contribution in [2.45, 2.75) is 26.0 Å². The second-order valence-electron chi connectivity index (χ2n) is 5.60. The molecule has 1 unspecified atom stereocenters. The lowest BCUT2D eigenvalue weighted by Gasteiger charge is -2.24. The fourth-order valence-corrected chi connectivity index (χ4v) is 2.20. The third kappa shape index (κ3) is 4.33. The van der Waals surface area contributed by atoms with Gasteiger partial charge in [-0.1, -0.05) is 54.6 Å². The van der Waals surface area contributed by atoms with Gasteiger partial charge in [-0.05, 0) is 30.5 Å². The molecule has 2 rings (SSSR count). The van der Waals surface area contributed by atoms with Crippen LogP contribution in [0.3, 0.4) is 0 Å². The highest BCUT2D eigenvalue weighted by atomic mass is 16.3. The Morgan fingerprint density at radius 1 is 1.05 bits per heavy atom. The van der Waals surface area contributed by atoms with Crippen molar-refractivity contribution in [2.75, 3.05) is 6.54 Å². The predicted octanol–water partition coefficient (Wildman–Crippen LogP) is 2.70. The number of nitrogens with one attached hydrogen (secondary N) is 2. The fourth-order valence-electron chi connectivity index (χ4n) is 2.20. The number of carbonyl (C=O) groups is 1. The molecular formula is C18H22N2O2. The molecule has 0 radical (unpaired) electrons. The van der Waals surface area contributed by atoms with Gasteiger partial charge in [0.25, 0.3) is 0 Å². The van der Waals surface area contributed by atoms with Gasteiger partial charge < -0.3 is 15.7 Å². The van der Waals surface area contributed by atoms with Crippen LogP contribution in [0.25, 0.3) is 0 Å². The van der Waals surface area contributed by atoms with E-state index < -0.39 is 5.60 Å². The zero-order chi connectivity index (χ0) is 16.0. The first-order valence-corrected chi connectivity index (χ1v) is 7.33. The van der Waals surface area contributed by atoms with E-state index >= 15 is 0 Å². The molecule has 0 aliphatic rings. The molecule has 0 aliphatic heterocycles. The summed E-state index contributed by atoms with van der Waals surface area (Å²) >= 11 is 0. The lowest BCUT2D eigenvalue weighted by Crippen LogP contribution is -2.43. The molecule has 3 N–H and O–H groups in total. The van der Waals surface area contributed by atoms with Crippen LogP contribution in [-0.2, 0) is 12.1 Å². The zero-order valence-corrected chi connectivity index (χ0v) is 13.0. The number of hydrogen-bond donors (Lipinski definition) is 3. The molecule has 0 saturated carbocycles. The first-order chi connectivity index (χ1) is 10.5. The summed E-state index contributed by atoms with van der Waals surface area (Å²) in [7, 11) is 0. The van der Waals surface area contributed by atoms with E-state index in [0.717, 1.165) is 16.7 Å². The van der Waals surface area contributed by atoms with Gasteiger partial charge in [-0.3, -0.25) is 0 Å². The Kier molecular flexibility index (Phi) is 5.17. The molecule has 1 atom stereocenters. The summed E-state index contributed by atoms with van der Waals surface area (Å²) in [6.45, 7) is 4.31. The van der Waals surface area contributed by atoms with Gasteiger partial charge in [0.2, 0.25) is 0 Å². The SMILES string of the molecule is Cc1ccccc1CNC(=O)NCC(C)(O)c1ccccc1. The summed E-state index contributed by atoms with van der Waals surface area (Å²) in [5, 5.41) is 15.9. The van der Waals surface area contributed by atoms with Crippen molar-refractivity contribution in [3.05, 3.63) is 71.3 Å². The Hall–Kier alpha value is -2.33. The van der Waals surface area contributed by atoms with Crippen LogP contribution in [0.15, 0.2) is 54.6 Å². The monoisotopic (exact) mass is 298 g/mol.